The van der Waals surface area contributed by atoms with Gasteiger partial charge in [-0.2, -0.15) is 13.2 Å². The third-order valence-electron chi connectivity index (χ3n) is 2.61. The first kappa shape index (κ1) is 19.4. The van der Waals surface area contributed by atoms with Gasteiger partial charge in [-0.1, -0.05) is 0 Å². The van der Waals surface area contributed by atoms with E-state index in [2.05, 4.69) is 9.98 Å². The molecule has 130 valence electrons. The van der Waals surface area contributed by atoms with Gasteiger partial charge in [0.05, 0.1) is 10.2 Å². The van der Waals surface area contributed by atoms with E-state index in [1.165, 1.54) is 25.4 Å². The van der Waals surface area contributed by atoms with Crippen LogP contribution in [0.25, 0.3) is 10.2 Å². The van der Waals surface area contributed by atoms with Crippen LogP contribution in [0.15, 0.2) is 35.0 Å². The number of rotatable bonds is 3. The van der Waals surface area contributed by atoms with Gasteiger partial charge in [0.25, 0.3) is 0 Å². The number of aromatic hydroxyl groups is 1. The van der Waals surface area contributed by atoms with Crippen molar-refractivity contribution in [3.8, 4) is 5.75 Å². The molecular weight excluding hydrogens is 345 g/mol. The minimum absolute atomic E-state index is 0.170. The van der Waals surface area contributed by atoms with E-state index in [4.69, 9.17) is 10.8 Å². The molecule has 24 heavy (non-hydrogen) atoms. The predicted octanol–water partition coefficient (Wildman–Crippen LogP) is 2.45. The van der Waals surface area contributed by atoms with E-state index < -0.39 is 11.9 Å². The molecule has 0 aliphatic carbocycles. The number of allylic oxidation sites excluding steroid dienone is 1. The van der Waals surface area contributed by atoms with Gasteiger partial charge in [0, 0.05) is 20.2 Å². The first-order valence-corrected chi connectivity index (χ1v) is 7.26. The largest absolute Gasteiger partial charge is 0.508 e. The van der Waals surface area contributed by atoms with Crippen LogP contribution in [0.4, 0.5) is 13.2 Å². The van der Waals surface area contributed by atoms with E-state index in [1.807, 2.05) is 5.32 Å². The minimum atomic E-state index is -4.41. The van der Waals surface area contributed by atoms with Crippen molar-refractivity contribution in [2.75, 3.05) is 14.1 Å². The van der Waals surface area contributed by atoms with Crippen molar-refractivity contribution in [1.82, 2.24) is 10.3 Å². The molecule has 0 radical (unpaired) electrons. The van der Waals surface area contributed by atoms with Crippen molar-refractivity contribution in [3.63, 3.8) is 0 Å². The lowest BCUT2D eigenvalue weighted by Gasteiger charge is -2.10. The highest BCUT2D eigenvalue weighted by Gasteiger charge is 2.32. The average molecular weight is 360 g/mol. The Kier molecular flexibility index (Phi) is 6.71. The van der Waals surface area contributed by atoms with Gasteiger partial charge in [-0.15, -0.1) is 11.3 Å². The maximum Gasteiger partial charge on any atom is 0.431 e. The number of thiazole rings is 1. The fourth-order valence-electron chi connectivity index (χ4n) is 1.49. The Labute approximate surface area is 139 Å². The van der Waals surface area contributed by atoms with Crippen molar-refractivity contribution in [2.24, 2.45) is 10.7 Å². The molecule has 6 nitrogen and oxygen atoms in total. The monoisotopic (exact) mass is 360 g/mol. The Bertz CT molecular complexity index is 769. The zero-order chi connectivity index (χ0) is 18.3. The molecule has 0 saturated carbocycles. The zero-order valence-electron chi connectivity index (χ0n) is 12.8. The number of hydrogen-bond donors (Lipinski definition) is 3. The topological polar surface area (TPSA) is 101 Å². The Morgan fingerprint density at radius 2 is 2.12 bits per heavy atom. The second-order valence-electron chi connectivity index (χ2n) is 4.28. The van der Waals surface area contributed by atoms with Gasteiger partial charge < -0.3 is 16.2 Å². The highest BCUT2D eigenvalue weighted by Crippen LogP contribution is 2.24. The van der Waals surface area contributed by atoms with Gasteiger partial charge >= 0.3 is 6.18 Å². The van der Waals surface area contributed by atoms with Crippen molar-refractivity contribution in [2.45, 2.75) is 6.18 Å². The third kappa shape index (κ3) is 5.54. The van der Waals surface area contributed by atoms with E-state index in [-0.39, 0.29) is 11.6 Å². The van der Waals surface area contributed by atoms with Gasteiger partial charge in [0.1, 0.15) is 17.3 Å². The number of phenols is 1. The minimum Gasteiger partial charge on any atom is -0.508 e. The number of nitrogens with two attached hydrogens (primary N) is 1. The summed E-state index contributed by atoms with van der Waals surface area (Å²) in [6.45, 7) is 0. The van der Waals surface area contributed by atoms with Gasteiger partial charge in [0.2, 0.25) is 0 Å². The Hall–Kier alpha value is -2.62. The number of hydrogen-bond acceptors (Lipinski definition) is 6. The fourth-order valence-corrected chi connectivity index (χ4v) is 2.31. The number of nitrogens with one attached hydrogen (secondary N) is 1. The fraction of sp³-hybridized carbons (Fsp3) is 0.214. The third-order valence-corrected chi connectivity index (χ3v) is 3.56. The number of amidine groups is 1. The molecule has 4 N–H and O–H groups in total. The molecule has 1 aromatic carbocycles. The summed E-state index contributed by atoms with van der Waals surface area (Å²) in [5.41, 5.74) is 4.92. The highest BCUT2D eigenvalue weighted by atomic mass is 32.1. The summed E-state index contributed by atoms with van der Waals surface area (Å²) in [5, 5.41) is 11.5. The van der Waals surface area contributed by atoms with Gasteiger partial charge in [-0.05, 0) is 18.2 Å². The SMILES string of the molecule is CN=C(N)/C=C(\NC)C(F)(F)F.O=Cc1nc2ccc(O)cc2s1. The quantitative estimate of drug-likeness (QED) is 0.443. The van der Waals surface area contributed by atoms with E-state index in [1.54, 1.807) is 18.2 Å². The number of fused-ring (bicyclic) bond motifs is 1. The van der Waals surface area contributed by atoms with E-state index in [9.17, 15) is 18.0 Å². The smallest absolute Gasteiger partial charge is 0.431 e. The molecule has 0 unspecified atom stereocenters. The van der Waals surface area contributed by atoms with Crippen LogP contribution in [-0.2, 0) is 0 Å². The number of aliphatic imine (C=N–C) groups is 1. The van der Waals surface area contributed by atoms with Crippen molar-refractivity contribution in [3.05, 3.63) is 35.0 Å². The normalized spacial score (nSPS) is 12.5. The van der Waals surface area contributed by atoms with Crippen LogP contribution < -0.4 is 11.1 Å². The molecule has 0 aliphatic heterocycles. The molecular formula is C14H15F3N4O2S. The molecule has 2 rings (SSSR count). The van der Waals surface area contributed by atoms with Crippen LogP contribution in [0.5, 0.6) is 5.75 Å². The maximum absolute atomic E-state index is 12.0. The number of nitrogens with zero attached hydrogens (tertiary/aromatic N) is 2. The maximum atomic E-state index is 12.0. The van der Waals surface area contributed by atoms with Gasteiger partial charge in [-0.25, -0.2) is 4.98 Å². The Morgan fingerprint density at radius 1 is 1.46 bits per heavy atom. The second kappa shape index (κ2) is 8.29. The Morgan fingerprint density at radius 3 is 2.62 bits per heavy atom. The molecule has 0 spiro atoms. The number of halogens is 3. The highest BCUT2D eigenvalue weighted by molar-refractivity contribution is 7.20. The lowest BCUT2D eigenvalue weighted by Crippen LogP contribution is -2.25. The lowest BCUT2D eigenvalue weighted by molar-refractivity contribution is -0.0958. The standard InChI is InChI=1S/C8H5NO2S.C6H10F3N3/c10-4-8-9-6-2-1-5(11)3-7(6)12-8;1-11-4(6(7,8)9)3-5(10)12-2/h1-4,11H;3,11H,1-2H3,(H2,10,12)/b;4-3-. The summed E-state index contributed by atoms with van der Waals surface area (Å²) in [7, 11) is 2.48. The summed E-state index contributed by atoms with van der Waals surface area (Å²) in [5.74, 6) is 0.0280. The summed E-state index contributed by atoms with van der Waals surface area (Å²) in [6.07, 6.45) is -2.97. The van der Waals surface area contributed by atoms with Crippen LogP contribution in [0.2, 0.25) is 0 Å². The molecule has 10 heteroatoms. The molecule has 0 atom stereocenters. The number of carbonyl (C=O) groups is 1. The van der Waals surface area contributed by atoms with Crippen molar-refractivity contribution >= 4 is 33.7 Å². The average Bonchev–Trinajstić information content (AvgIpc) is 2.93. The zero-order valence-corrected chi connectivity index (χ0v) is 13.6. The summed E-state index contributed by atoms with van der Waals surface area (Å²) >= 11 is 1.27. The molecule has 0 bridgehead atoms. The van der Waals surface area contributed by atoms with Gasteiger partial charge in [-0.3, -0.25) is 9.79 Å². The summed E-state index contributed by atoms with van der Waals surface area (Å²) in [6, 6.07) is 4.84. The number of alkyl halides is 3. The van der Waals surface area contributed by atoms with E-state index in [0.29, 0.717) is 11.3 Å². The molecule has 0 fully saturated rings. The predicted molar refractivity (Wildman–Crippen MR) is 87.4 cm³/mol. The molecule has 0 amide bonds. The van der Waals surface area contributed by atoms with Crippen molar-refractivity contribution in [1.29, 1.82) is 0 Å². The number of aldehydes is 1. The lowest BCUT2D eigenvalue weighted by atomic mass is 10.3. The van der Waals surface area contributed by atoms with Crippen LogP contribution >= 0.6 is 11.3 Å². The molecule has 0 saturated heterocycles. The van der Waals surface area contributed by atoms with E-state index >= 15 is 0 Å². The first-order chi connectivity index (χ1) is 11.2. The van der Waals surface area contributed by atoms with Crippen molar-refractivity contribution < 1.29 is 23.1 Å². The summed E-state index contributed by atoms with van der Waals surface area (Å²) in [4.78, 5) is 17.7. The Balaban J connectivity index is 0.000000240. The summed E-state index contributed by atoms with van der Waals surface area (Å²) < 4.78 is 36.8. The molecule has 1 heterocycles. The molecule has 2 aromatic rings. The first-order valence-electron chi connectivity index (χ1n) is 6.45. The van der Waals surface area contributed by atoms with Crippen LogP contribution in [-0.4, -0.2) is 42.5 Å². The molecule has 1 aromatic heterocycles. The number of benzene rings is 1. The number of aromatic nitrogens is 1. The van der Waals surface area contributed by atoms with Crippen LogP contribution in [0.1, 0.15) is 9.80 Å². The number of carbonyl (C=O) groups excluding carboxylic acids is 1. The van der Waals surface area contributed by atoms with E-state index in [0.717, 1.165) is 16.3 Å². The second-order valence-corrected chi connectivity index (χ2v) is 5.34. The van der Waals surface area contributed by atoms with Crippen LogP contribution in [0, 0.1) is 0 Å². The van der Waals surface area contributed by atoms with Crippen LogP contribution in [0.3, 0.4) is 0 Å². The molecule has 0 aliphatic rings. The van der Waals surface area contributed by atoms with Gasteiger partial charge in [0.15, 0.2) is 11.3 Å². The number of phenolic OH excluding ortho intramolecular Hbond substituents is 1.